The third-order valence-corrected chi connectivity index (χ3v) is 2.83. The number of hydrogen-bond acceptors (Lipinski definition) is 1. The fourth-order valence-electron chi connectivity index (χ4n) is 2.10. The Kier molecular flexibility index (Phi) is 3.92. The third kappa shape index (κ3) is 3.24. The molecule has 0 saturated heterocycles. The highest BCUT2D eigenvalue weighted by molar-refractivity contribution is 4.71. The van der Waals surface area contributed by atoms with Crippen LogP contribution in [0.5, 0.6) is 0 Å². The minimum Gasteiger partial charge on any atom is -0.328 e. The molecule has 1 aliphatic rings. The summed E-state index contributed by atoms with van der Waals surface area (Å²) in [6, 6.07) is 0.511. The van der Waals surface area contributed by atoms with E-state index < -0.39 is 0 Å². The van der Waals surface area contributed by atoms with E-state index in [4.69, 9.17) is 5.73 Å². The fourth-order valence-corrected chi connectivity index (χ4v) is 2.10. The van der Waals surface area contributed by atoms with Crippen LogP contribution in [0.15, 0.2) is 0 Å². The maximum absolute atomic E-state index is 5.89. The van der Waals surface area contributed by atoms with Crippen LogP contribution in [0.1, 0.15) is 51.9 Å². The van der Waals surface area contributed by atoms with Gasteiger partial charge >= 0.3 is 0 Å². The normalized spacial score (nSPS) is 33.3. The summed E-state index contributed by atoms with van der Waals surface area (Å²) in [5.74, 6) is 0.994. The Bertz CT molecular complexity index is 101. The van der Waals surface area contributed by atoms with Crippen LogP contribution in [-0.4, -0.2) is 6.04 Å². The molecule has 11 heavy (non-hydrogen) atoms. The van der Waals surface area contributed by atoms with E-state index in [0.29, 0.717) is 6.04 Å². The zero-order chi connectivity index (χ0) is 8.10. The van der Waals surface area contributed by atoms with Crippen LogP contribution in [0.3, 0.4) is 0 Å². The van der Waals surface area contributed by atoms with Crippen LogP contribution in [0.25, 0.3) is 0 Å². The molecule has 1 heteroatoms. The lowest BCUT2D eigenvalue weighted by Crippen LogP contribution is -2.18. The van der Waals surface area contributed by atoms with E-state index >= 15 is 0 Å². The van der Waals surface area contributed by atoms with Crippen LogP contribution in [0.4, 0.5) is 0 Å². The molecule has 0 radical (unpaired) electrons. The van der Waals surface area contributed by atoms with Gasteiger partial charge in [-0.05, 0) is 25.2 Å². The summed E-state index contributed by atoms with van der Waals surface area (Å²) in [6.45, 7) is 2.28. The fraction of sp³-hybridized carbons (Fsp3) is 1.00. The molecular formula is C10H21N. The standard InChI is InChI=1S/C10H21N/c1-2-4-9-5-3-6-10(11)8-7-9/h9-10H,2-8,11H2,1H3. The van der Waals surface area contributed by atoms with Gasteiger partial charge in [-0.2, -0.15) is 0 Å². The van der Waals surface area contributed by atoms with Crippen molar-refractivity contribution in [3.05, 3.63) is 0 Å². The molecule has 0 aromatic rings. The van der Waals surface area contributed by atoms with Gasteiger partial charge in [0.05, 0.1) is 0 Å². The first-order valence-electron chi connectivity index (χ1n) is 5.08. The molecule has 1 nitrogen and oxygen atoms in total. The highest BCUT2D eigenvalue weighted by Crippen LogP contribution is 2.25. The Hall–Kier alpha value is -0.0400. The third-order valence-electron chi connectivity index (χ3n) is 2.83. The SMILES string of the molecule is CCCC1CCCC(N)CC1. The molecule has 66 valence electrons. The van der Waals surface area contributed by atoms with Gasteiger partial charge < -0.3 is 5.73 Å². The van der Waals surface area contributed by atoms with Gasteiger partial charge in [0.15, 0.2) is 0 Å². The summed E-state index contributed by atoms with van der Waals surface area (Å²) < 4.78 is 0. The lowest BCUT2D eigenvalue weighted by atomic mass is 9.95. The first kappa shape index (κ1) is 9.05. The summed E-state index contributed by atoms with van der Waals surface area (Å²) in [4.78, 5) is 0. The summed E-state index contributed by atoms with van der Waals surface area (Å²) in [5, 5.41) is 0. The van der Waals surface area contributed by atoms with Crippen molar-refractivity contribution in [1.29, 1.82) is 0 Å². The molecule has 0 aliphatic heterocycles. The minimum absolute atomic E-state index is 0.511. The molecule has 2 atom stereocenters. The molecule has 1 fully saturated rings. The lowest BCUT2D eigenvalue weighted by Gasteiger charge is -2.11. The number of hydrogen-bond donors (Lipinski definition) is 1. The second-order valence-electron chi connectivity index (χ2n) is 3.92. The summed E-state index contributed by atoms with van der Waals surface area (Å²) in [5.41, 5.74) is 5.89. The Morgan fingerprint density at radius 2 is 2.00 bits per heavy atom. The summed E-state index contributed by atoms with van der Waals surface area (Å²) in [7, 11) is 0. The molecular weight excluding hydrogens is 134 g/mol. The molecule has 0 aromatic heterocycles. The number of nitrogens with two attached hydrogens (primary N) is 1. The van der Waals surface area contributed by atoms with E-state index in [9.17, 15) is 0 Å². The van der Waals surface area contributed by atoms with Crippen molar-refractivity contribution in [3.8, 4) is 0 Å². The molecule has 0 amide bonds. The second kappa shape index (κ2) is 4.76. The van der Waals surface area contributed by atoms with E-state index in [-0.39, 0.29) is 0 Å². The van der Waals surface area contributed by atoms with Crippen molar-refractivity contribution >= 4 is 0 Å². The van der Waals surface area contributed by atoms with Gasteiger partial charge in [0.2, 0.25) is 0 Å². The summed E-state index contributed by atoms with van der Waals surface area (Å²) >= 11 is 0. The Morgan fingerprint density at radius 1 is 1.18 bits per heavy atom. The van der Waals surface area contributed by atoms with E-state index in [1.807, 2.05) is 0 Å². The van der Waals surface area contributed by atoms with Crippen LogP contribution in [0, 0.1) is 5.92 Å². The monoisotopic (exact) mass is 155 g/mol. The van der Waals surface area contributed by atoms with Crippen molar-refractivity contribution in [2.24, 2.45) is 11.7 Å². The van der Waals surface area contributed by atoms with Gasteiger partial charge in [0.25, 0.3) is 0 Å². The second-order valence-corrected chi connectivity index (χ2v) is 3.92. The predicted molar refractivity (Wildman–Crippen MR) is 49.5 cm³/mol. The molecule has 1 aliphatic carbocycles. The Balaban J connectivity index is 2.22. The molecule has 0 aromatic carbocycles. The molecule has 1 rings (SSSR count). The molecule has 0 heterocycles. The zero-order valence-electron chi connectivity index (χ0n) is 7.68. The van der Waals surface area contributed by atoms with Gasteiger partial charge in [-0.3, -0.25) is 0 Å². The van der Waals surface area contributed by atoms with Gasteiger partial charge in [-0.25, -0.2) is 0 Å². The van der Waals surface area contributed by atoms with Gasteiger partial charge in [-0.1, -0.05) is 32.6 Å². The van der Waals surface area contributed by atoms with Crippen molar-refractivity contribution in [3.63, 3.8) is 0 Å². The van der Waals surface area contributed by atoms with Crippen LogP contribution in [0.2, 0.25) is 0 Å². The van der Waals surface area contributed by atoms with E-state index in [2.05, 4.69) is 6.92 Å². The molecule has 0 spiro atoms. The maximum Gasteiger partial charge on any atom is 0.00389 e. The highest BCUT2D eigenvalue weighted by atomic mass is 14.6. The first-order valence-corrected chi connectivity index (χ1v) is 5.08. The van der Waals surface area contributed by atoms with Crippen molar-refractivity contribution < 1.29 is 0 Å². The predicted octanol–water partition coefficient (Wildman–Crippen LogP) is 2.69. The average Bonchev–Trinajstić information content (AvgIpc) is 2.17. The van der Waals surface area contributed by atoms with Crippen molar-refractivity contribution in [1.82, 2.24) is 0 Å². The topological polar surface area (TPSA) is 26.0 Å². The van der Waals surface area contributed by atoms with Gasteiger partial charge in [0.1, 0.15) is 0 Å². The highest BCUT2D eigenvalue weighted by Gasteiger charge is 2.14. The van der Waals surface area contributed by atoms with Crippen LogP contribution < -0.4 is 5.73 Å². The molecule has 0 bridgehead atoms. The van der Waals surface area contributed by atoms with E-state index in [1.54, 1.807) is 0 Å². The van der Waals surface area contributed by atoms with E-state index in [1.165, 1.54) is 44.9 Å². The minimum atomic E-state index is 0.511. The van der Waals surface area contributed by atoms with Gasteiger partial charge in [-0.15, -0.1) is 0 Å². The molecule has 2 N–H and O–H groups in total. The zero-order valence-corrected chi connectivity index (χ0v) is 7.68. The van der Waals surface area contributed by atoms with Crippen molar-refractivity contribution in [2.75, 3.05) is 0 Å². The molecule has 1 saturated carbocycles. The number of rotatable bonds is 2. The molecule has 2 unspecified atom stereocenters. The largest absolute Gasteiger partial charge is 0.328 e. The Morgan fingerprint density at radius 3 is 2.73 bits per heavy atom. The first-order chi connectivity index (χ1) is 5.33. The van der Waals surface area contributed by atoms with Crippen LogP contribution >= 0.6 is 0 Å². The summed E-state index contributed by atoms with van der Waals surface area (Å²) in [6.07, 6.45) is 9.49. The average molecular weight is 155 g/mol. The van der Waals surface area contributed by atoms with Crippen LogP contribution in [-0.2, 0) is 0 Å². The Labute approximate surface area is 70.4 Å². The lowest BCUT2D eigenvalue weighted by molar-refractivity contribution is 0.421. The smallest absolute Gasteiger partial charge is 0.00389 e. The quantitative estimate of drug-likeness (QED) is 0.610. The van der Waals surface area contributed by atoms with Crippen molar-refractivity contribution in [2.45, 2.75) is 57.9 Å². The van der Waals surface area contributed by atoms with Gasteiger partial charge in [0, 0.05) is 6.04 Å². The maximum atomic E-state index is 5.89. The van der Waals surface area contributed by atoms with E-state index in [0.717, 1.165) is 5.92 Å².